The van der Waals surface area contributed by atoms with Crippen LogP contribution >= 0.6 is 0 Å². The fraction of sp³-hybridized carbons (Fsp3) is 0.120. The highest BCUT2D eigenvalue weighted by molar-refractivity contribution is 5.97. The number of para-hydroxylation sites is 1. The normalized spacial score (nSPS) is 11.3. The molecular formula is C25H22N2O2. The molecule has 0 atom stereocenters. The molecule has 2 N–H and O–H groups in total. The van der Waals surface area contributed by atoms with Crippen LogP contribution in [-0.4, -0.2) is 17.4 Å². The monoisotopic (exact) mass is 382 g/mol. The molecule has 1 amide bonds. The Bertz CT molecular complexity index is 1160. The number of benzene rings is 3. The van der Waals surface area contributed by atoms with Crippen molar-refractivity contribution >= 4 is 16.8 Å². The minimum absolute atomic E-state index is 0.118. The summed E-state index contributed by atoms with van der Waals surface area (Å²) in [6.07, 6.45) is 0. The van der Waals surface area contributed by atoms with Crippen LogP contribution in [-0.2, 0) is 5.41 Å². The van der Waals surface area contributed by atoms with Gasteiger partial charge in [-0.15, -0.1) is 0 Å². The van der Waals surface area contributed by atoms with E-state index in [1.54, 1.807) is 6.07 Å². The molecule has 4 aromatic rings. The highest BCUT2D eigenvalue weighted by Crippen LogP contribution is 2.31. The summed E-state index contributed by atoms with van der Waals surface area (Å²) in [5, 5.41) is 3.81. The van der Waals surface area contributed by atoms with Crippen LogP contribution in [0.3, 0.4) is 0 Å². The van der Waals surface area contributed by atoms with E-state index in [1.165, 1.54) is 0 Å². The highest BCUT2D eigenvalue weighted by atomic mass is 16.2. The van der Waals surface area contributed by atoms with Crippen LogP contribution in [0.2, 0.25) is 0 Å². The highest BCUT2D eigenvalue weighted by Gasteiger charge is 2.29. The zero-order chi connectivity index (χ0) is 20.3. The van der Waals surface area contributed by atoms with Gasteiger partial charge in [0.1, 0.15) is 5.56 Å². The van der Waals surface area contributed by atoms with Crippen LogP contribution in [0.5, 0.6) is 0 Å². The largest absolute Gasteiger partial charge is 0.351 e. The Morgan fingerprint density at radius 3 is 2.03 bits per heavy atom. The van der Waals surface area contributed by atoms with Crippen molar-refractivity contribution in [3.05, 3.63) is 118 Å². The van der Waals surface area contributed by atoms with Crippen LogP contribution < -0.4 is 10.9 Å². The van der Waals surface area contributed by atoms with Crippen LogP contribution in [0.4, 0.5) is 0 Å². The molecule has 0 aliphatic rings. The Labute approximate surface area is 169 Å². The average molecular weight is 382 g/mol. The lowest BCUT2D eigenvalue weighted by Crippen LogP contribution is -2.41. The number of rotatable bonds is 5. The van der Waals surface area contributed by atoms with Gasteiger partial charge in [-0.2, -0.15) is 0 Å². The van der Waals surface area contributed by atoms with E-state index in [-0.39, 0.29) is 17.0 Å². The number of H-pyrrole nitrogens is 1. The van der Waals surface area contributed by atoms with Crippen LogP contribution in [0.25, 0.3) is 10.9 Å². The Morgan fingerprint density at radius 2 is 1.41 bits per heavy atom. The summed E-state index contributed by atoms with van der Waals surface area (Å²) >= 11 is 0. The van der Waals surface area contributed by atoms with Crippen LogP contribution in [0, 0.1) is 0 Å². The molecule has 1 aromatic heterocycles. The SMILES string of the molecule is CC(CNC(=O)c1cc2ccccc2[nH]c1=O)(c1ccccc1)c1ccccc1. The van der Waals surface area contributed by atoms with Crippen molar-refractivity contribution in [2.75, 3.05) is 6.54 Å². The number of aromatic amines is 1. The first-order chi connectivity index (χ1) is 14.1. The maximum absolute atomic E-state index is 12.9. The lowest BCUT2D eigenvalue weighted by molar-refractivity contribution is 0.0946. The second kappa shape index (κ2) is 7.76. The number of carbonyl (C=O) groups is 1. The van der Waals surface area contributed by atoms with Crippen molar-refractivity contribution < 1.29 is 4.79 Å². The Balaban J connectivity index is 1.65. The van der Waals surface area contributed by atoms with Gasteiger partial charge in [-0.05, 0) is 35.6 Å². The summed E-state index contributed by atoms with van der Waals surface area (Å²) in [4.78, 5) is 28.1. The van der Waals surface area contributed by atoms with Crippen molar-refractivity contribution in [2.24, 2.45) is 0 Å². The summed E-state index contributed by atoms with van der Waals surface area (Å²) in [5.41, 5.74) is 2.21. The van der Waals surface area contributed by atoms with Crippen molar-refractivity contribution in [2.45, 2.75) is 12.3 Å². The molecule has 0 aliphatic carbocycles. The number of carbonyl (C=O) groups excluding carboxylic acids is 1. The molecular weight excluding hydrogens is 360 g/mol. The second-order valence-electron chi connectivity index (χ2n) is 7.35. The lowest BCUT2D eigenvalue weighted by atomic mass is 9.76. The fourth-order valence-corrected chi connectivity index (χ4v) is 3.65. The minimum Gasteiger partial charge on any atom is -0.351 e. The van der Waals surface area contributed by atoms with Crippen molar-refractivity contribution in [1.29, 1.82) is 0 Å². The van der Waals surface area contributed by atoms with Crippen LogP contribution in [0.15, 0.2) is 95.8 Å². The maximum atomic E-state index is 12.9. The molecule has 0 saturated carbocycles. The van der Waals surface area contributed by atoms with Gasteiger partial charge >= 0.3 is 0 Å². The lowest BCUT2D eigenvalue weighted by Gasteiger charge is -2.31. The van der Waals surface area contributed by atoms with Gasteiger partial charge in [-0.1, -0.05) is 78.9 Å². The topological polar surface area (TPSA) is 62.0 Å². The second-order valence-corrected chi connectivity index (χ2v) is 7.35. The molecule has 0 bridgehead atoms. The number of amides is 1. The van der Waals surface area contributed by atoms with Crippen molar-refractivity contribution in [1.82, 2.24) is 10.3 Å². The predicted octanol–water partition coefficient (Wildman–Crippen LogP) is 4.26. The zero-order valence-corrected chi connectivity index (χ0v) is 16.2. The Kier molecular flexibility index (Phi) is 5.00. The number of hydrogen-bond donors (Lipinski definition) is 2. The van der Waals surface area contributed by atoms with E-state index < -0.39 is 5.41 Å². The van der Waals surface area contributed by atoms with Gasteiger partial charge in [0, 0.05) is 17.5 Å². The molecule has 0 spiro atoms. The van der Waals surface area contributed by atoms with Gasteiger partial charge in [0.2, 0.25) is 0 Å². The van der Waals surface area contributed by atoms with Gasteiger partial charge in [-0.25, -0.2) is 0 Å². The molecule has 4 heteroatoms. The van der Waals surface area contributed by atoms with E-state index in [1.807, 2.05) is 60.7 Å². The van der Waals surface area contributed by atoms with E-state index >= 15 is 0 Å². The summed E-state index contributed by atoms with van der Waals surface area (Å²) in [5.74, 6) is -0.380. The van der Waals surface area contributed by atoms with E-state index in [9.17, 15) is 9.59 Å². The molecule has 0 saturated heterocycles. The molecule has 0 radical (unpaired) electrons. The third kappa shape index (κ3) is 3.69. The third-order valence-electron chi connectivity index (χ3n) is 5.42. The first-order valence-corrected chi connectivity index (χ1v) is 9.59. The molecule has 1 heterocycles. The standard InChI is InChI=1S/C25H22N2O2/c1-25(19-11-4-2-5-12-19,20-13-6-3-7-14-20)17-26-23(28)21-16-18-10-8-9-15-22(18)27-24(21)29/h2-16H,17H2,1H3,(H,26,28)(H,27,29). The third-order valence-corrected chi connectivity index (χ3v) is 5.42. The fourth-order valence-electron chi connectivity index (χ4n) is 3.65. The van der Waals surface area contributed by atoms with E-state index in [0.717, 1.165) is 16.5 Å². The van der Waals surface area contributed by atoms with Gasteiger partial charge < -0.3 is 10.3 Å². The number of aromatic nitrogens is 1. The van der Waals surface area contributed by atoms with E-state index in [4.69, 9.17) is 0 Å². The van der Waals surface area contributed by atoms with E-state index in [0.29, 0.717) is 12.1 Å². The summed E-state index contributed by atoms with van der Waals surface area (Å²) in [6, 6.07) is 29.2. The number of hydrogen-bond acceptors (Lipinski definition) is 2. The smallest absolute Gasteiger partial charge is 0.261 e. The molecule has 29 heavy (non-hydrogen) atoms. The molecule has 4 rings (SSSR count). The molecule has 0 fully saturated rings. The molecule has 0 aliphatic heterocycles. The summed E-state index contributed by atoms with van der Waals surface area (Å²) in [7, 11) is 0. The van der Waals surface area contributed by atoms with Crippen molar-refractivity contribution in [3.63, 3.8) is 0 Å². The average Bonchev–Trinajstić information content (AvgIpc) is 2.78. The summed E-state index contributed by atoms with van der Waals surface area (Å²) in [6.45, 7) is 2.47. The molecule has 4 nitrogen and oxygen atoms in total. The predicted molar refractivity (Wildman–Crippen MR) is 116 cm³/mol. The van der Waals surface area contributed by atoms with Gasteiger partial charge in [0.05, 0.1) is 0 Å². The van der Waals surface area contributed by atoms with Crippen molar-refractivity contribution in [3.8, 4) is 0 Å². The first kappa shape index (κ1) is 18.7. The number of fused-ring (bicyclic) bond motifs is 1. The quantitative estimate of drug-likeness (QED) is 0.542. The van der Waals surface area contributed by atoms with Gasteiger partial charge in [0.25, 0.3) is 11.5 Å². The minimum atomic E-state index is -0.429. The molecule has 0 unspecified atom stereocenters. The maximum Gasteiger partial charge on any atom is 0.261 e. The first-order valence-electron chi connectivity index (χ1n) is 9.59. The zero-order valence-electron chi connectivity index (χ0n) is 16.2. The van der Waals surface area contributed by atoms with Crippen LogP contribution in [0.1, 0.15) is 28.4 Å². The Morgan fingerprint density at radius 1 is 0.862 bits per heavy atom. The van der Waals surface area contributed by atoms with Gasteiger partial charge in [-0.3, -0.25) is 9.59 Å². The summed E-state index contributed by atoms with van der Waals surface area (Å²) < 4.78 is 0. The Hall–Kier alpha value is -3.66. The van der Waals surface area contributed by atoms with Gasteiger partial charge in [0.15, 0.2) is 0 Å². The number of nitrogens with one attached hydrogen (secondary N) is 2. The molecule has 144 valence electrons. The van der Waals surface area contributed by atoms with E-state index in [2.05, 4.69) is 41.5 Å². The number of pyridine rings is 1. The molecule has 3 aromatic carbocycles.